The number of carbonyl (C=O) groups excluding carboxylic acids is 2. The van der Waals surface area contributed by atoms with Gasteiger partial charge in [0.2, 0.25) is 11.8 Å². The van der Waals surface area contributed by atoms with Crippen molar-refractivity contribution in [3.05, 3.63) is 0 Å². The van der Waals surface area contributed by atoms with Gasteiger partial charge >= 0.3 is 5.97 Å². The van der Waals surface area contributed by atoms with Gasteiger partial charge in [0.25, 0.3) is 0 Å². The van der Waals surface area contributed by atoms with Crippen molar-refractivity contribution in [2.75, 3.05) is 5.75 Å². The molecule has 2 amide bonds. The average Bonchev–Trinajstić information content (AvgIpc) is 2.47. The van der Waals surface area contributed by atoms with Crippen LogP contribution in [0.3, 0.4) is 0 Å². The summed E-state index contributed by atoms with van der Waals surface area (Å²) in [5.41, 5.74) is 5.47. The number of carboxylic acid groups (broad SMARTS) is 1. The SMILES string of the molecule is CC[C@H](C)[C@H](NC(=O)[C@H](CS)NC(=O)[C@@H](N)[C@@H](C)O)C(=O)O. The summed E-state index contributed by atoms with van der Waals surface area (Å²) in [5.74, 6) is -2.81. The molecule has 0 unspecified atom stereocenters. The quantitative estimate of drug-likeness (QED) is 0.290. The fourth-order valence-electron chi connectivity index (χ4n) is 1.62. The summed E-state index contributed by atoms with van der Waals surface area (Å²) in [6.45, 7) is 4.87. The molecule has 0 heterocycles. The highest BCUT2D eigenvalue weighted by Gasteiger charge is 2.30. The number of thiol groups is 1. The Morgan fingerprint density at radius 1 is 1.18 bits per heavy atom. The fourth-order valence-corrected chi connectivity index (χ4v) is 1.88. The number of carbonyl (C=O) groups is 3. The Kier molecular flexibility index (Phi) is 9.07. The number of hydrogen-bond acceptors (Lipinski definition) is 6. The van der Waals surface area contributed by atoms with Gasteiger partial charge in [-0.15, -0.1) is 0 Å². The third-order valence-corrected chi connectivity index (χ3v) is 3.78. The van der Waals surface area contributed by atoms with Crippen LogP contribution in [0.2, 0.25) is 0 Å². The molecule has 0 aromatic heterocycles. The first-order chi connectivity index (χ1) is 10.1. The van der Waals surface area contributed by atoms with Crippen LogP contribution in [0.1, 0.15) is 27.2 Å². The van der Waals surface area contributed by atoms with Crippen LogP contribution in [-0.4, -0.2) is 58.0 Å². The summed E-state index contributed by atoms with van der Waals surface area (Å²) < 4.78 is 0. The van der Waals surface area contributed by atoms with Crippen molar-refractivity contribution >= 4 is 30.4 Å². The summed E-state index contributed by atoms with van der Waals surface area (Å²) >= 11 is 3.97. The summed E-state index contributed by atoms with van der Waals surface area (Å²) in [6, 6.07) is -3.27. The van der Waals surface area contributed by atoms with Crippen LogP contribution >= 0.6 is 12.6 Å². The van der Waals surface area contributed by atoms with Gasteiger partial charge in [-0.3, -0.25) is 9.59 Å². The predicted octanol–water partition coefficient (Wildman–Crippen LogP) is -1.28. The summed E-state index contributed by atoms with van der Waals surface area (Å²) in [7, 11) is 0. The molecular weight excluding hydrogens is 310 g/mol. The lowest BCUT2D eigenvalue weighted by Gasteiger charge is -2.24. The van der Waals surface area contributed by atoms with Crippen LogP contribution in [0, 0.1) is 5.92 Å². The zero-order valence-corrected chi connectivity index (χ0v) is 13.8. The van der Waals surface area contributed by atoms with Crippen LogP contribution in [0.15, 0.2) is 0 Å². The van der Waals surface area contributed by atoms with Crippen molar-refractivity contribution < 1.29 is 24.6 Å². The molecule has 0 aliphatic rings. The molecule has 0 spiro atoms. The van der Waals surface area contributed by atoms with Gasteiger partial charge < -0.3 is 26.6 Å². The Morgan fingerprint density at radius 3 is 2.09 bits per heavy atom. The summed E-state index contributed by atoms with van der Waals surface area (Å²) in [5, 5.41) is 23.1. The van der Waals surface area contributed by atoms with Crippen molar-refractivity contribution in [1.82, 2.24) is 10.6 Å². The van der Waals surface area contributed by atoms with E-state index in [1.165, 1.54) is 6.92 Å². The van der Waals surface area contributed by atoms with E-state index in [-0.39, 0.29) is 11.7 Å². The number of aliphatic hydroxyl groups is 1. The van der Waals surface area contributed by atoms with E-state index in [1.807, 2.05) is 6.92 Å². The van der Waals surface area contributed by atoms with E-state index >= 15 is 0 Å². The third-order valence-electron chi connectivity index (χ3n) is 3.41. The molecule has 128 valence electrons. The molecule has 0 saturated heterocycles. The molecule has 0 bridgehead atoms. The first kappa shape index (κ1) is 20.7. The predicted molar refractivity (Wildman–Crippen MR) is 84.5 cm³/mol. The average molecular weight is 335 g/mol. The first-order valence-corrected chi connectivity index (χ1v) is 7.66. The Morgan fingerprint density at radius 2 is 1.73 bits per heavy atom. The van der Waals surface area contributed by atoms with Crippen LogP contribution < -0.4 is 16.4 Å². The van der Waals surface area contributed by atoms with Crippen LogP contribution in [0.4, 0.5) is 0 Å². The number of nitrogens with two attached hydrogens (primary N) is 1. The molecular formula is C13H25N3O5S. The number of carboxylic acids is 1. The Bertz CT molecular complexity index is 405. The molecule has 6 N–H and O–H groups in total. The maximum Gasteiger partial charge on any atom is 0.326 e. The van der Waals surface area contributed by atoms with Crippen molar-refractivity contribution in [3.8, 4) is 0 Å². The number of nitrogens with one attached hydrogen (secondary N) is 2. The molecule has 8 nitrogen and oxygen atoms in total. The lowest BCUT2D eigenvalue weighted by atomic mass is 9.99. The molecule has 0 aromatic carbocycles. The molecule has 0 aliphatic heterocycles. The largest absolute Gasteiger partial charge is 0.480 e. The van der Waals surface area contributed by atoms with Gasteiger partial charge in [-0.2, -0.15) is 12.6 Å². The number of aliphatic carboxylic acids is 1. The first-order valence-electron chi connectivity index (χ1n) is 7.03. The molecule has 9 heteroatoms. The minimum Gasteiger partial charge on any atom is -0.480 e. The van der Waals surface area contributed by atoms with Crippen LogP contribution in [0.5, 0.6) is 0 Å². The van der Waals surface area contributed by atoms with E-state index in [0.29, 0.717) is 6.42 Å². The number of hydrogen-bond donors (Lipinski definition) is 6. The molecule has 0 rings (SSSR count). The van der Waals surface area contributed by atoms with Crippen molar-refractivity contribution in [1.29, 1.82) is 0 Å². The molecule has 0 fully saturated rings. The van der Waals surface area contributed by atoms with Gasteiger partial charge in [-0.25, -0.2) is 4.79 Å². The molecule has 0 radical (unpaired) electrons. The zero-order valence-electron chi connectivity index (χ0n) is 12.9. The van der Waals surface area contributed by atoms with Crippen molar-refractivity contribution in [2.24, 2.45) is 11.7 Å². The van der Waals surface area contributed by atoms with E-state index in [9.17, 15) is 19.5 Å². The fraction of sp³-hybridized carbons (Fsp3) is 0.769. The van der Waals surface area contributed by atoms with E-state index in [4.69, 9.17) is 10.8 Å². The van der Waals surface area contributed by atoms with Gasteiger partial charge in [0, 0.05) is 5.75 Å². The Balaban J connectivity index is 4.84. The lowest BCUT2D eigenvalue weighted by Crippen LogP contribution is -2.57. The Hall–Kier alpha value is -1.32. The van der Waals surface area contributed by atoms with E-state index < -0.39 is 42.0 Å². The zero-order chi connectivity index (χ0) is 17.4. The standard InChI is InChI=1S/C13H25N3O5S/c1-4-6(2)10(13(20)21)16-11(18)8(5-22)15-12(19)9(14)7(3)17/h6-10,17,22H,4-5,14H2,1-3H3,(H,15,19)(H,16,18)(H,20,21)/t6-,7+,8-,9-,10-/m0/s1. The number of aliphatic hydroxyl groups excluding tert-OH is 1. The smallest absolute Gasteiger partial charge is 0.326 e. The Labute approximate surface area is 135 Å². The second-order valence-corrected chi connectivity index (χ2v) is 5.59. The molecule has 0 aromatic rings. The minimum absolute atomic E-state index is 0.0308. The molecule has 5 atom stereocenters. The van der Waals surface area contributed by atoms with Crippen LogP contribution in [0.25, 0.3) is 0 Å². The lowest BCUT2D eigenvalue weighted by molar-refractivity contribution is -0.143. The molecule has 0 aliphatic carbocycles. The normalized spacial score (nSPS) is 17.7. The van der Waals surface area contributed by atoms with Crippen LogP contribution in [-0.2, 0) is 14.4 Å². The summed E-state index contributed by atoms with van der Waals surface area (Å²) in [4.78, 5) is 35.0. The second kappa shape index (κ2) is 9.65. The van der Waals surface area contributed by atoms with Gasteiger partial charge in [-0.1, -0.05) is 20.3 Å². The minimum atomic E-state index is -1.18. The van der Waals surface area contributed by atoms with Crippen molar-refractivity contribution in [2.45, 2.75) is 51.4 Å². The van der Waals surface area contributed by atoms with E-state index in [0.717, 1.165) is 0 Å². The van der Waals surface area contributed by atoms with E-state index in [1.54, 1.807) is 6.92 Å². The van der Waals surface area contributed by atoms with Gasteiger partial charge in [0.15, 0.2) is 0 Å². The molecule has 22 heavy (non-hydrogen) atoms. The third kappa shape index (κ3) is 6.20. The highest BCUT2D eigenvalue weighted by molar-refractivity contribution is 7.80. The maximum atomic E-state index is 12.1. The van der Waals surface area contributed by atoms with Gasteiger partial charge in [-0.05, 0) is 12.8 Å². The van der Waals surface area contributed by atoms with Gasteiger partial charge in [0.05, 0.1) is 6.10 Å². The monoisotopic (exact) mass is 335 g/mol. The summed E-state index contributed by atoms with van der Waals surface area (Å²) in [6.07, 6.45) is -0.502. The highest BCUT2D eigenvalue weighted by atomic mass is 32.1. The number of amides is 2. The maximum absolute atomic E-state index is 12.1. The second-order valence-electron chi connectivity index (χ2n) is 5.22. The molecule has 0 saturated carbocycles. The number of rotatable bonds is 9. The topological polar surface area (TPSA) is 142 Å². The van der Waals surface area contributed by atoms with Gasteiger partial charge in [0.1, 0.15) is 18.1 Å². The van der Waals surface area contributed by atoms with E-state index in [2.05, 4.69) is 23.3 Å². The van der Waals surface area contributed by atoms with Crippen molar-refractivity contribution in [3.63, 3.8) is 0 Å². The highest BCUT2D eigenvalue weighted by Crippen LogP contribution is 2.08.